The molecule has 0 heterocycles. The molecule has 2 fully saturated rings. The van der Waals surface area contributed by atoms with Gasteiger partial charge in [-0.2, -0.15) is 0 Å². The van der Waals surface area contributed by atoms with Gasteiger partial charge in [-0.1, -0.05) is 27.2 Å². The summed E-state index contributed by atoms with van der Waals surface area (Å²) in [4.78, 5) is 23.6. The molecule has 2 aliphatic carbocycles. The lowest BCUT2D eigenvalue weighted by molar-refractivity contribution is -0.152. The zero-order valence-electron chi connectivity index (χ0n) is 12.6. The molecule has 0 aliphatic heterocycles. The number of carboxylic acid groups (broad SMARTS) is 1. The van der Waals surface area contributed by atoms with Crippen molar-refractivity contribution in [3.63, 3.8) is 0 Å². The predicted molar refractivity (Wildman–Crippen MR) is 73.8 cm³/mol. The molecule has 0 bridgehead atoms. The van der Waals surface area contributed by atoms with Crippen molar-refractivity contribution in [1.82, 2.24) is 0 Å². The van der Waals surface area contributed by atoms with Crippen LogP contribution in [-0.2, 0) is 9.59 Å². The highest BCUT2D eigenvalue weighted by Gasteiger charge is 2.64. The number of rotatable bonds is 3. The van der Waals surface area contributed by atoms with Crippen molar-refractivity contribution >= 4 is 11.8 Å². The minimum atomic E-state index is -0.753. The van der Waals surface area contributed by atoms with Gasteiger partial charge in [0, 0.05) is 5.41 Å². The molecule has 3 unspecified atom stereocenters. The Bertz CT molecular complexity index is 412. The molecule has 0 aromatic carbocycles. The number of Topliss-reactive ketones (excluding diaryl/α,β-unsaturated/α-hetero) is 1. The highest BCUT2D eigenvalue weighted by molar-refractivity contribution is 5.84. The minimum Gasteiger partial charge on any atom is -0.481 e. The first-order chi connectivity index (χ1) is 8.66. The Morgan fingerprint density at radius 3 is 2.32 bits per heavy atom. The maximum Gasteiger partial charge on any atom is 0.303 e. The maximum atomic E-state index is 12.2. The largest absolute Gasteiger partial charge is 0.481 e. The van der Waals surface area contributed by atoms with E-state index in [2.05, 4.69) is 13.8 Å². The van der Waals surface area contributed by atoms with E-state index in [1.54, 1.807) is 6.92 Å². The molecule has 3 atom stereocenters. The Kier molecular flexibility index (Phi) is 3.31. The number of hydrogen-bond donors (Lipinski definition) is 1. The standard InChI is InChI=1S/C16H26O3/c1-11(17)15(4)9-6-12-14(2,3)7-5-8-16(12,15)10-13(18)19/h12H,5-10H2,1-4H3,(H,18,19). The second kappa shape index (κ2) is 4.32. The number of carbonyl (C=O) groups is 2. The van der Waals surface area contributed by atoms with E-state index in [9.17, 15) is 14.7 Å². The van der Waals surface area contributed by atoms with Crippen LogP contribution >= 0.6 is 0 Å². The van der Waals surface area contributed by atoms with Crippen LogP contribution in [0.2, 0.25) is 0 Å². The SMILES string of the molecule is CC(=O)C1(C)CCC2C(C)(C)CCCC21CC(=O)O. The summed E-state index contributed by atoms with van der Waals surface area (Å²) in [5.74, 6) is -0.218. The molecule has 19 heavy (non-hydrogen) atoms. The summed E-state index contributed by atoms with van der Waals surface area (Å²) in [6, 6.07) is 0. The number of aliphatic carboxylic acids is 1. The van der Waals surface area contributed by atoms with Crippen molar-refractivity contribution in [1.29, 1.82) is 0 Å². The predicted octanol–water partition coefficient (Wildman–Crippen LogP) is 3.66. The topological polar surface area (TPSA) is 54.4 Å². The van der Waals surface area contributed by atoms with Gasteiger partial charge in [-0.15, -0.1) is 0 Å². The van der Waals surface area contributed by atoms with Crippen LogP contribution < -0.4 is 0 Å². The molecule has 108 valence electrons. The quantitative estimate of drug-likeness (QED) is 0.848. The van der Waals surface area contributed by atoms with E-state index < -0.39 is 11.4 Å². The molecule has 3 nitrogen and oxygen atoms in total. The van der Waals surface area contributed by atoms with Gasteiger partial charge in [-0.25, -0.2) is 0 Å². The monoisotopic (exact) mass is 266 g/mol. The molecule has 0 amide bonds. The molecule has 2 saturated carbocycles. The normalized spacial score (nSPS) is 40.7. The maximum absolute atomic E-state index is 12.2. The Hall–Kier alpha value is -0.860. The second-order valence-electron chi connectivity index (χ2n) is 7.55. The van der Waals surface area contributed by atoms with E-state index in [0.717, 1.165) is 32.1 Å². The third-order valence-corrected chi connectivity index (χ3v) is 6.33. The van der Waals surface area contributed by atoms with Gasteiger partial charge in [-0.05, 0) is 49.4 Å². The van der Waals surface area contributed by atoms with Crippen LogP contribution in [0.1, 0.15) is 66.2 Å². The van der Waals surface area contributed by atoms with Gasteiger partial charge in [0.25, 0.3) is 0 Å². The fourth-order valence-corrected chi connectivity index (χ4v) is 5.17. The van der Waals surface area contributed by atoms with Crippen LogP contribution in [0.3, 0.4) is 0 Å². The molecular formula is C16H26O3. The first-order valence-electron chi connectivity index (χ1n) is 7.39. The Morgan fingerprint density at radius 2 is 1.79 bits per heavy atom. The molecule has 2 aliphatic rings. The smallest absolute Gasteiger partial charge is 0.303 e. The molecule has 0 radical (unpaired) electrons. The van der Waals surface area contributed by atoms with Crippen LogP contribution in [0, 0.1) is 22.2 Å². The first-order valence-corrected chi connectivity index (χ1v) is 7.39. The summed E-state index contributed by atoms with van der Waals surface area (Å²) >= 11 is 0. The molecule has 0 aromatic heterocycles. The summed E-state index contributed by atoms with van der Waals surface area (Å²) in [5, 5.41) is 9.38. The molecule has 0 aromatic rings. The minimum absolute atomic E-state index is 0.150. The summed E-state index contributed by atoms with van der Waals surface area (Å²) < 4.78 is 0. The highest BCUT2D eigenvalue weighted by atomic mass is 16.4. The van der Waals surface area contributed by atoms with Crippen molar-refractivity contribution in [2.24, 2.45) is 22.2 Å². The number of fused-ring (bicyclic) bond motifs is 1. The summed E-state index contributed by atoms with van der Waals surface area (Å²) in [6.07, 6.45) is 5.08. The van der Waals surface area contributed by atoms with Crippen LogP contribution in [0.25, 0.3) is 0 Å². The zero-order valence-corrected chi connectivity index (χ0v) is 12.6. The van der Waals surface area contributed by atoms with Crippen LogP contribution in [0.5, 0.6) is 0 Å². The first kappa shape index (κ1) is 14.5. The van der Waals surface area contributed by atoms with Gasteiger partial charge >= 0.3 is 5.97 Å². The van der Waals surface area contributed by atoms with Gasteiger partial charge in [0.1, 0.15) is 5.78 Å². The van der Waals surface area contributed by atoms with Gasteiger partial charge in [0.05, 0.1) is 6.42 Å². The van der Waals surface area contributed by atoms with E-state index in [1.165, 1.54) is 0 Å². The van der Waals surface area contributed by atoms with Crippen LogP contribution in [0.4, 0.5) is 0 Å². The third kappa shape index (κ3) is 1.93. The van der Waals surface area contributed by atoms with Crippen LogP contribution in [-0.4, -0.2) is 16.9 Å². The van der Waals surface area contributed by atoms with Gasteiger partial charge in [0.2, 0.25) is 0 Å². The van der Waals surface area contributed by atoms with E-state index in [1.807, 2.05) is 6.92 Å². The summed E-state index contributed by atoms with van der Waals surface area (Å²) in [5.41, 5.74) is -0.624. The number of hydrogen-bond acceptors (Lipinski definition) is 2. The lowest BCUT2D eigenvalue weighted by Gasteiger charge is -2.54. The number of carboxylic acids is 1. The summed E-state index contributed by atoms with van der Waals surface area (Å²) in [7, 11) is 0. The molecule has 0 saturated heterocycles. The van der Waals surface area contributed by atoms with Crippen LogP contribution in [0.15, 0.2) is 0 Å². The lowest BCUT2D eigenvalue weighted by atomic mass is 9.49. The van der Waals surface area contributed by atoms with E-state index in [-0.39, 0.29) is 23.0 Å². The fraction of sp³-hybridized carbons (Fsp3) is 0.875. The van der Waals surface area contributed by atoms with Crippen molar-refractivity contribution in [3.8, 4) is 0 Å². The molecular weight excluding hydrogens is 240 g/mol. The molecule has 1 N–H and O–H groups in total. The third-order valence-electron chi connectivity index (χ3n) is 6.33. The van der Waals surface area contributed by atoms with Crippen molar-refractivity contribution in [2.75, 3.05) is 0 Å². The van der Waals surface area contributed by atoms with E-state index in [0.29, 0.717) is 5.92 Å². The lowest BCUT2D eigenvalue weighted by Crippen LogP contribution is -2.51. The molecule has 3 heteroatoms. The average Bonchev–Trinajstić information content (AvgIpc) is 2.53. The second-order valence-corrected chi connectivity index (χ2v) is 7.55. The Balaban J connectivity index is 2.52. The van der Waals surface area contributed by atoms with Crippen molar-refractivity contribution < 1.29 is 14.7 Å². The van der Waals surface area contributed by atoms with Crippen molar-refractivity contribution in [2.45, 2.75) is 66.2 Å². The molecule has 0 spiro atoms. The van der Waals surface area contributed by atoms with Gasteiger partial charge < -0.3 is 5.11 Å². The number of carbonyl (C=O) groups excluding carboxylic acids is 1. The Labute approximate surface area is 115 Å². The number of ketones is 1. The fourth-order valence-electron chi connectivity index (χ4n) is 5.17. The highest BCUT2D eigenvalue weighted by Crippen LogP contribution is 2.68. The van der Waals surface area contributed by atoms with E-state index in [4.69, 9.17) is 0 Å². The average molecular weight is 266 g/mol. The van der Waals surface area contributed by atoms with Gasteiger partial charge in [0.15, 0.2) is 0 Å². The van der Waals surface area contributed by atoms with Crippen molar-refractivity contribution in [3.05, 3.63) is 0 Å². The Morgan fingerprint density at radius 1 is 1.16 bits per heavy atom. The van der Waals surface area contributed by atoms with E-state index >= 15 is 0 Å². The zero-order chi connectivity index (χ0) is 14.5. The van der Waals surface area contributed by atoms with Gasteiger partial charge in [-0.3, -0.25) is 9.59 Å². The summed E-state index contributed by atoms with van der Waals surface area (Å²) in [6.45, 7) is 8.16. The molecule has 2 rings (SSSR count).